The van der Waals surface area contributed by atoms with E-state index in [2.05, 4.69) is 0 Å². The fourth-order valence-corrected chi connectivity index (χ4v) is 4.95. The van der Waals surface area contributed by atoms with Gasteiger partial charge in [0, 0.05) is 16.5 Å². The molecule has 5 heteroatoms. The predicted octanol–water partition coefficient (Wildman–Crippen LogP) is 3.60. The summed E-state index contributed by atoms with van der Waals surface area (Å²) in [4.78, 5) is 0.354. The zero-order chi connectivity index (χ0) is 13.9. The van der Waals surface area contributed by atoms with Crippen LogP contribution < -0.4 is 0 Å². The molecule has 0 saturated carbocycles. The molecule has 0 amide bonds. The fraction of sp³-hybridized carbons (Fsp3) is 0.0667. The maximum Gasteiger partial charge on any atom is 0.269 e. The van der Waals surface area contributed by atoms with Gasteiger partial charge in [-0.3, -0.25) is 0 Å². The van der Waals surface area contributed by atoms with Crippen LogP contribution in [0.3, 0.4) is 0 Å². The first-order valence-electron chi connectivity index (χ1n) is 6.19. The molecule has 0 aliphatic carbocycles. The van der Waals surface area contributed by atoms with E-state index >= 15 is 0 Å². The van der Waals surface area contributed by atoms with Gasteiger partial charge in [-0.15, -0.1) is 11.6 Å². The number of alkyl halides is 1. The molecule has 0 radical (unpaired) electrons. The molecule has 1 aromatic heterocycles. The van der Waals surface area contributed by atoms with Crippen molar-refractivity contribution in [3.63, 3.8) is 0 Å². The number of fused-ring (bicyclic) bond motifs is 5. The van der Waals surface area contributed by atoms with Crippen LogP contribution in [0.15, 0.2) is 53.4 Å². The van der Waals surface area contributed by atoms with Gasteiger partial charge in [0.1, 0.15) is 0 Å². The molecule has 1 aliphatic rings. The monoisotopic (exact) mass is 303 g/mol. The van der Waals surface area contributed by atoms with E-state index in [1.807, 2.05) is 36.4 Å². The van der Waals surface area contributed by atoms with E-state index in [0.717, 1.165) is 16.5 Å². The second kappa shape index (κ2) is 3.87. The van der Waals surface area contributed by atoms with E-state index < -0.39 is 10.0 Å². The summed E-state index contributed by atoms with van der Waals surface area (Å²) >= 11 is 6.08. The first-order valence-corrected chi connectivity index (χ1v) is 8.17. The lowest BCUT2D eigenvalue weighted by atomic mass is 10.1. The summed E-state index contributed by atoms with van der Waals surface area (Å²) in [6.45, 7) is 0. The quantitative estimate of drug-likeness (QED) is 0.504. The number of hydrogen-bond acceptors (Lipinski definition) is 2. The normalized spacial score (nSPS) is 15.2. The Bertz CT molecular complexity index is 957. The van der Waals surface area contributed by atoms with E-state index in [1.165, 1.54) is 3.97 Å². The van der Waals surface area contributed by atoms with Crippen molar-refractivity contribution >= 4 is 32.5 Å². The third kappa shape index (κ3) is 1.28. The Labute approximate surface area is 121 Å². The fourth-order valence-electron chi connectivity index (χ4n) is 2.92. The minimum Gasteiger partial charge on any atom is -0.233 e. The number of benzene rings is 2. The Hall–Kier alpha value is -1.78. The largest absolute Gasteiger partial charge is 0.269 e. The molecule has 2 aromatic carbocycles. The third-order valence-corrected chi connectivity index (χ3v) is 5.77. The number of hydrogen-bond donors (Lipinski definition) is 0. The average molecular weight is 304 g/mol. The van der Waals surface area contributed by atoms with Gasteiger partial charge >= 0.3 is 0 Å². The molecule has 0 bridgehead atoms. The van der Waals surface area contributed by atoms with Crippen LogP contribution in [0.4, 0.5) is 0 Å². The predicted molar refractivity (Wildman–Crippen MR) is 79.5 cm³/mol. The highest BCUT2D eigenvalue weighted by Crippen LogP contribution is 2.45. The second-order valence-corrected chi connectivity index (χ2v) is 6.77. The molecule has 0 unspecified atom stereocenters. The second-order valence-electron chi connectivity index (χ2n) is 4.74. The number of nitrogens with zero attached hydrogens (tertiary/aromatic N) is 1. The number of para-hydroxylation sites is 1. The molecular weight excluding hydrogens is 294 g/mol. The van der Waals surface area contributed by atoms with Crippen LogP contribution in [-0.4, -0.2) is 12.4 Å². The van der Waals surface area contributed by atoms with Gasteiger partial charge in [0.25, 0.3) is 10.0 Å². The van der Waals surface area contributed by atoms with Crippen LogP contribution in [0, 0.1) is 0 Å². The number of halogens is 1. The average Bonchev–Trinajstić information content (AvgIpc) is 2.92. The number of aromatic nitrogens is 1. The lowest BCUT2D eigenvalue weighted by Gasteiger charge is -2.01. The summed E-state index contributed by atoms with van der Waals surface area (Å²) in [6.07, 6.45) is 0. The summed E-state index contributed by atoms with van der Waals surface area (Å²) in [5.74, 6) is 0.284. The minimum absolute atomic E-state index is 0.284. The topological polar surface area (TPSA) is 39.1 Å². The van der Waals surface area contributed by atoms with E-state index in [1.54, 1.807) is 12.1 Å². The Balaban J connectivity index is 2.31. The summed E-state index contributed by atoms with van der Waals surface area (Å²) < 4.78 is 26.9. The Kier molecular flexibility index (Phi) is 2.32. The van der Waals surface area contributed by atoms with Crippen molar-refractivity contribution in [1.29, 1.82) is 0 Å². The zero-order valence-corrected chi connectivity index (χ0v) is 11.9. The molecule has 1 aliphatic heterocycles. The molecular formula is C15H10ClNO2S. The minimum atomic E-state index is -3.52. The lowest BCUT2D eigenvalue weighted by Crippen LogP contribution is -2.07. The molecule has 0 N–H and O–H groups in total. The van der Waals surface area contributed by atoms with Gasteiger partial charge in [-0.1, -0.05) is 36.4 Å². The van der Waals surface area contributed by atoms with E-state index in [-0.39, 0.29) is 5.88 Å². The standard InChI is InChI=1S/C15H10ClNO2S/c16-9-12-10-5-1-3-7-13(10)17-15(12)11-6-2-4-8-14(11)20(17,18)19/h1-8H,9H2. The Morgan fingerprint density at radius 3 is 2.50 bits per heavy atom. The van der Waals surface area contributed by atoms with Gasteiger partial charge < -0.3 is 0 Å². The van der Waals surface area contributed by atoms with Crippen LogP contribution in [0.25, 0.3) is 22.2 Å². The highest BCUT2D eigenvalue weighted by atomic mass is 35.5. The Morgan fingerprint density at radius 2 is 1.70 bits per heavy atom. The van der Waals surface area contributed by atoms with Crippen LogP contribution in [0.2, 0.25) is 0 Å². The van der Waals surface area contributed by atoms with Crippen molar-refractivity contribution in [2.75, 3.05) is 0 Å². The summed E-state index contributed by atoms with van der Waals surface area (Å²) in [7, 11) is -3.52. The summed E-state index contributed by atoms with van der Waals surface area (Å²) in [5.41, 5.74) is 3.00. The van der Waals surface area contributed by atoms with Crippen molar-refractivity contribution in [2.24, 2.45) is 0 Å². The Morgan fingerprint density at radius 1 is 1.00 bits per heavy atom. The van der Waals surface area contributed by atoms with E-state index in [0.29, 0.717) is 16.1 Å². The van der Waals surface area contributed by atoms with Gasteiger partial charge in [0.2, 0.25) is 0 Å². The van der Waals surface area contributed by atoms with Gasteiger partial charge in [-0.2, -0.15) is 0 Å². The molecule has 2 heterocycles. The van der Waals surface area contributed by atoms with Gasteiger partial charge in [0.15, 0.2) is 0 Å². The van der Waals surface area contributed by atoms with Crippen molar-refractivity contribution in [2.45, 2.75) is 10.8 Å². The maximum atomic E-state index is 12.7. The summed E-state index contributed by atoms with van der Waals surface area (Å²) in [5, 5.41) is 0.899. The maximum absolute atomic E-state index is 12.7. The first kappa shape index (κ1) is 12.0. The third-order valence-electron chi connectivity index (χ3n) is 3.73. The zero-order valence-electron chi connectivity index (χ0n) is 10.4. The SMILES string of the molecule is O=S1(=O)c2ccccc2-c2c(CCl)c3ccccc3n21. The smallest absolute Gasteiger partial charge is 0.233 e. The molecule has 0 fully saturated rings. The molecule has 0 atom stereocenters. The van der Waals surface area contributed by atoms with Crippen molar-refractivity contribution in [1.82, 2.24) is 3.97 Å². The molecule has 4 rings (SSSR count). The molecule has 0 saturated heterocycles. The van der Waals surface area contributed by atoms with Gasteiger partial charge in [0.05, 0.1) is 22.0 Å². The molecule has 0 spiro atoms. The summed E-state index contributed by atoms with van der Waals surface area (Å²) in [6, 6.07) is 14.5. The van der Waals surface area contributed by atoms with Crippen molar-refractivity contribution in [3.8, 4) is 11.3 Å². The van der Waals surface area contributed by atoms with Gasteiger partial charge in [-0.25, -0.2) is 12.4 Å². The molecule has 100 valence electrons. The highest BCUT2D eigenvalue weighted by Gasteiger charge is 2.36. The van der Waals surface area contributed by atoms with Crippen molar-refractivity contribution in [3.05, 3.63) is 54.1 Å². The van der Waals surface area contributed by atoms with Gasteiger partial charge in [-0.05, 0) is 12.1 Å². The highest BCUT2D eigenvalue weighted by molar-refractivity contribution is 7.90. The number of rotatable bonds is 1. The van der Waals surface area contributed by atoms with E-state index in [9.17, 15) is 8.42 Å². The lowest BCUT2D eigenvalue weighted by molar-refractivity contribution is 0.592. The van der Waals surface area contributed by atoms with Crippen LogP contribution in [0.1, 0.15) is 5.56 Å². The molecule has 3 aromatic rings. The first-order chi connectivity index (χ1) is 9.66. The van der Waals surface area contributed by atoms with Crippen LogP contribution in [-0.2, 0) is 15.9 Å². The van der Waals surface area contributed by atoms with E-state index in [4.69, 9.17) is 11.6 Å². The van der Waals surface area contributed by atoms with Crippen LogP contribution in [0.5, 0.6) is 0 Å². The van der Waals surface area contributed by atoms with Crippen molar-refractivity contribution < 1.29 is 8.42 Å². The molecule has 3 nitrogen and oxygen atoms in total. The van der Waals surface area contributed by atoms with Crippen LogP contribution >= 0.6 is 11.6 Å². The molecule has 20 heavy (non-hydrogen) atoms.